The predicted octanol–water partition coefficient (Wildman–Crippen LogP) is -3.13. The van der Waals surface area contributed by atoms with Gasteiger partial charge in [-0.25, -0.2) is 4.79 Å². The minimum atomic E-state index is -1.59. The number of carbonyl (C=O) groups excluding carboxylic acids is 5. The molecule has 4 atom stereocenters. The minimum Gasteiger partial charge on any atom is -0.508 e. The van der Waals surface area contributed by atoms with Crippen molar-refractivity contribution in [1.29, 1.82) is 0 Å². The molecule has 0 aliphatic carbocycles. The Balaban J connectivity index is 3.11. The molecule has 0 saturated carbocycles. The van der Waals surface area contributed by atoms with Gasteiger partial charge in [0, 0.05) is 18.6 Å². The first kappa shape index (κ1) is 30.2. The van der Waals surface area contributed by atoms with Gasteiger partial charge >= 0.3 is 5.97 Å². The number of nitrogens with one attached hydrogen (secondary N) is 3. The highest BCUT2D eigenvalue weighted by Gasteiger charge is 2.31. The van der Waals surface area contributed by atoms with Crippen LogP contribution in [0, 0.1) is 0 Å². The Kier molecular flexibility index (Phi) is 12.2. The van der Waals surface area contributed by atoms with E-state index in [0.717, 1.165) is 0 Å². The average molecular weight is 527 g/mol. The van der Waals surface area contributed by atoms with E-state index < -0.39 is 66.1 Å². The van der Waals surface area contributed by atoms with Crippen LogP contribution in [0.2, 0.25) is 0 Å². The van der Waals surface area contributed by atoms with E-state index in [1.807, 2.05) is 0 Å². The molecule has 1 rings (SSSR count). The van der Waals surface area contributed by atoms with Crippen LogP contribution in [0.5, 0.6) is 5.75 Å². The maximum absolute atomic E-state index is 13.0. The van der Waals surface area contributed by atoms with Crippen molar-refractivity contribution in [3.63, 3.8) is 0 Å². The monoisotopic (exact) mass is 526 g/mol. The first-order valence-electron chi connectivity index (χ1n) is 10.7. The van der Waals surface area contributed by atoms with Crippen LogP contribution in [0.3, 0.4) is 0 Å². The molecule has 36 heavy (non-hydrogen) atoms. The number of carboxylic acids is 1. The molecule has 0 radical (unpaired) electrons. The van der Waals surface area contributed by atoms with Crippen LogP contribution in [0.25, 0.3) is 0 Å². The topological polar surface area (TPSA) is 257 Å². The van der Waals surface area contributed by atoms with E-state index in [0.29, 0.717) is 5.56 Å². The Morgan fingerprint density at radius 2 is 1.36 bits per heavy atom. The fraction of sp³-hybridized carbons (Fsp3) is 0.429. The summed E-state index contributed by atoms with van der Waals surface area (Å²) in [6, 6.07) is 0.297. The van der Waals surface area contributed by atoms with Gasteiger partial charge in [0.05, 0.1) is 12.5 Å². The first-order valence-corrected chi connectivity index (χ1v) is 11.3. The summed E-state index contributed by atoms with van der Waals surface area (Å²) in [7, 11) is 0. The molecular weight excluding hydrogens is 496 g/mol. The molecule has 14 nitrogen and oxygen atoms in total. The number of hydrogen-bond acceptors (Lipinski definition) is 9. The molecule has 0 saturated heterocycles. The lowest BCUT2D eigenvalue weighted by Crippen LogP contribution is -2.58. The molecular formula is C21H30N6O8S. The summed E-state index contributed by atoms with van der Waals surface area (Å²) in [4.78, 5) is 72.0. The number of benzene rings is 1. The molecule has 11 N–H and O–H groups in total. The van der Waals surface area contributed by atoms with Gasteiger partial charge in [-0.3, -0.25) is 24.0 Å². The van der Waals surface area contributed by atoms with Gasteiger partial charge in [-0.1, -0.05) is 12.1 Å². The maximum atomic E-state index is 13.0. The van der Waals surface area contributed by atoms with Gasteiger partial charge in [0.1, 0.15) is 23.9 Å². The predicted molar refractivity (Wildman–Crippen MR) is 129 cm³/mol. The number of phenolic OH excluding ortho intramolecular Hbond substituents is 1. The molecule has 0 fully saturated rings. The number of aromatic hydroxyl groups is 1. The number of hydrogen-bond donors (Lipinski definition) is 9. The second kappa shape index (κ2) is 14.5. The van der Waals surface area contributed by atoms with Crippen molar-refractivity contribution in [3.05, 3.63) is 29.8 Å². The van der Waals surface area contributed by atoms with Crippen molar-refractivity contribution in [2.24, 2.45) is 17.2 Å². The first-order chi connectivity index (χ1) is 16.8. The van der Waals surface area contributed by atoms with Crippen molar-refractivity contribution in [2.45, 2.75) is 49.9 Å². The van der Waals surface area contributed by atoms with E-state index >= 15 is 0 Å². The molecule has 0 bridgehead atoms. The third kappa shape index (κ3) is 10.6. The molecule has 198 valence electrons. The number of phenols is 1. The third-order valence-electron chi connectivity index (χ3n) is 4.87. The SMILES string of the molecule is NC(=O)CCC(NC(=O)C(CC(N)=O)NC(=O)C(Cc1ccc(O)cc1)NC(=O)C(N)CS)C(=O)O. The lowest BCUT2D eigenvalue weighted by atomic mass is 10.0. The molecule has 5 amide bonds. The Hall–Kier alpha value is -3.85. The molecule has 0 aliphatic heterocycles. The second-order valence-electron chi connectivity index (χ2n) is 7.86. The van der Waals surface area contributed by atoms with Crippen molar-refractivity contribution in [1.82, 2.24) is 16.0 Å². The quantitative estimate of drug-likeness (QED) is 0.105. The number of amides is 5. The van der Waals surface area contributed by atoms with Crippen molar-refractivity contribution < 1.29 is 39.0 Å². The fourth-order valence-electron chi connectivity index (χ4n) is 2.94. The summed E-state index contributed by atoms with van der Waals surface area (Å²) in [6.45, 7) is 0. The van der Waals surface area contributed by atoms with Crippen LogP contribution in [0.1, 0.15) is 24.8 Å². The van der Waals surface area contributed by atoms with Gasteiger partial charge in [-0.05, 0) is 24.1 Å². The normalized spacial score (nSPS) is 13.9. The lowest BCUT2D eigenvalue weighted by Gasteiger charge is -2.24. The van der Waals surface area contributed by atoms with Gasteiger partial charge in [-0.2, -0.15) is 12.6 Å². The Morgan fingerprint density at radius 1 is 0.833 bits per heavy atom. The summed E-state index contributed by atoms with van der Waals surface area (Å²) in [5, 5.41) is 25.6. The van der Waals surface area contributed by atoms with E-state index in [2.05, 4.69) is 28.6 Å². The van der Waals surface area contributed by atoms with E-state index in [9.17, 15) is 39.0 Å². The number of aliphatic carboxylic acids is 1. The molecule has 0 aliphatic rings. The summed E-state index contributed by atoms with van der Waals surface area (Å²) in [5.74, 6) is -5.93. The van der Waals surface area contributed by atoms with Crippen LogP contribution in [0.4, 0.5) is 0 Å². The molecule has 0 spiro atoms. The van der Waals surface area contributed by atoms with Crippen LogP contribution in [-0.4, -0.2) is 75.6 Å². The Bertz CT molecular complexity index is 974. The minimum absolute atomic E-state index is 0.0199. The van der Waals surface area contributed by atoms with Crippen molar-refractivity contribution in [2.75, 3.05) is 5.75 Å². The number of rotatable bonds is 15. The number of nitrogens with two attached hydrogens (primary N) is 3. The highest BCUT2D eigenvalue weighted by atomic mass is 32.1. The van der Waals surface area contributed by atoms with Gasteiger partial charge in [0.15, 0.2) is 0 Å². The van der Waals surface area contributed by atoms with E-state index in [1.165, 1.54) is 24.3 Å². The molecule has 0 heterocycles. The van der Waals surface area contributed by atoms with Gasteiger partial charge in [0.2, 0.25) is 29.5 Å². The highest BCUT2D eigenvalue weighted by molar-refractivity contribution is 7.80. The molecule has 1 aromatic carbocycles. The number of carbonyl (C=O) groups is 6. The maximum Gasteiger partial charge on any atom is 0.326 e. The highest BCUT2D eigenvalue weighted by Crippen LogP contribution is 2.12. The Morgan fingerprint density at radius 3 is 1.86 bits per heavy atom. The fourth-order valence-corrected chi connectivity index (χ4v) is 3.10. The summed E-state index contributed by atoms with van der Waals surface area (Å²) < 4.78 is 0. The second-order valence-corrected chi connectivity index (χ2v) is 8.22. The van der Waals surface area contributed by atoms with E-state index in [1.54, 1.807) is 0 Å². The van der Waals surface area contributed by atoms with E-state index in [-0.39, 0.29) is 30.8 Å². The third-order valence-corrected chi connectivity index (χ3v) is 5.27. The van der Waals surface area contributed by atoms with Gasteiger partial charge < -0.3 is 43.4 Å². The zero-order chi connectivity index (χ0) is 27.4. The number of carboxylic acid groups (broad SMARTS) is 1. The molecule has 4 unspecified atom stereocenters. The number of thiol groups is 1. The number of primary amides is 2. The smallest absolute Gasteiger partial charge is 0.326 e. The van der Waals surface area contributed by atoms with Crippen LogP contribution in [-0.2, 0) is 35.2 Å². The standard InChI is InChI=1S/C21H30N6O8S/c22-12(9-36)18(31)26-14(7-10-1-3-11(28)4-2-10)19(32)27-15(8-17(24)30)20(33)25-13(21(34)35)5-6-16(23)29/h1-4,12-15,28,36H,5-9,22H2,(H2,23,29)(H2,24,30)(H,25,33)(H,26,31)(H,27,32)(H,34,35). The van der Waals surface area contributed by atoms with Crippen molar-refractivity contribution >= 4 is 48.1 Å². The largest absolute Gasteiger partial charge is 0.508 e. The summed E-state index contributed by atoms with van der Waals surface area (Å²) in [5.41, 5.74) is 16.4. The Labute approximate surface area is 211 Å². The van der Waals surface area contributed by atoms with Crippen LogP contribution >= 0.6 is 12.6 Å². The van der Waals surface area contributed by atoms with Gasteiger partial charge in [-0.15, -0.1) is 0 Å². The molecule has 15 heteroatoms. The zero-order valence-corrected chi connectivity index (χ0v) is 20.1. The van der Waals surface area contributed by atoms with Crippen LogP contribution in [0.15, 0.2) is 24.3 Å². The van der Waals surface area contributed by atoms with Crippen LogP contribution < -0.4 is 33.2 Å². The lowest BCUT2D eigenvalue weighted by molar-refractivity contribution is -0.142. The summed E-state index contributed by atoms with van der Waals surface area (Å²) >= 11 is 3.94. The van der Waals surface area contributed by atoms with E-state index in [4.69, 9.17) is 17.2 Å². The average Bonchev–Trinajstić information content (AvgIpc) is 2.80. The van der Waals surface area contributed by atoms with Crippen molar-refractivity contribution in [3.8, 4) is 5.75 Å². The summed E-state index contributed by atoms with van der Waals surface area (Å²) in [6.07, 6.45) is -1.43. The molecule has 1 aromatic rings. The zero-order valence-electron chi connectivity index (χ0n) is 19.2. The van der Waals surface area contributed by atoms with Gasteiger partial charge in [0.25, 0.3) is 0 Å². The molecule has 0 aromatic heterocycles.